The molecular formula is C14H14BNO4. The standard InChI is InChI=1S/C14H12BNO2.2H2O/c15-12-6-8-13(9-7-12)16-14(17)18-10-11-4-2-1-3-5-11;;/h1-9H,10H2,(H,16,17);2*1H2/q+2;;/p-2. The molecule has 0 aliphatic carbocycles. The van der Waals surface area contributed by atoms with E-state index in [2.05, 4.69) is 5.32 Å². The molecule has 0 spiro atoms. The first kappa shape index (κ1) is 17.7. The Balaban J connectivity index is 0.00000180. The fourth-order valence-corrected chi connectivity index (χ4v) is 1.44. The first-order valence-corrected chi connectivity index (χ1v) is 5.57. The molecule has 0 saturated heterocycles. The number of ether oxygens (including phenoxy) is 1. The van der Waals surface area contributed by atoms with E-state index in [9.17, 15) is 4.79 Å². The zero-order valence-electron chi connectivity index (χ0n) is 10.7. The Kier molecular flexibility index (Phi) is 7.73. The predicted molar refractivity (Wildman–Crippen MR) is 76.0 cm³/mol. The van der Waals surface area contributed by atoms with E-state index in [1.54, 1.807) is 24.3 Å². The van der Waals surface area contributed by atoms with Crippen molar-refractivity contribution in [2.75, 3.05) is 5.32 Å². The van der Waals surface area contributed by atoms with Gasteiger partial charge in [0.15, 0.2) is 0 Å². The third kappa shape index (κ3) is 5.56. The zero-order valence-corrected chi connectivity index (χ0v) is 10.7. The van der Waals surface area contributed by atoms with Gasteiger partial charge in [-0.25, -0.2) is 0 Å². The molecule has 1 amide bonds. The van der Waals surface area contributed by atoms with Crippen molar-refractivity contribution >= 4 is 25.1 Å². The van der Waals surface area contributed by atoms with Gasteiger partial charge in [0.05, 0.1) is 0 Å². The topological polar surface area (TPSA) is 98.3 Å². The molecule has 20 heavy (non-hydrogen) atoms. The van der Waals surface area contributed by atoms with Crippen LogP contribution in [0.2, 0.25) is 0 Å². The number of benzene rings is 2. The maximum atomic E-state index is 11.5. The number of amides is 1. The summed E-state index contributed by atoms with van der Waals surface area (Å²) in [6.07, 6.45) is -0.483. The minimum absolute atomic E-state index is 0. The Morgan fingerprint density at radius 2 is 1.60 bits per heavy atom. The third-order valence-electron chi connectivity index (χ3n) is 2.37. The largest absolute Gasteiger partial charge is 0.870 e. The van der Waals surface area contributed by atoms with Crippen LogP contribution in [0.5, 0.6) is 0 Å². The Bertz CT molecular complexity index is 516. The van der Waals surface area contributed by atoms with E-state index in [-0.39, 0.29) is 17.6 Å². The molecule has 6 heteroatoms. The number of hydrogen-bond donors (Lipinski definition) is 1. The molecule has 0 heterocycles. The molecule has 0 fully saturated rings. The number of hydrogen-bond acceptors (Lipinski definition) is 4. The molecule has 0 atom stereocenters. The smallest absolute Gasteiger partial charge is 0.870 e. The average molecular weight is 271 g/mol. The van der Waals surface area contributed by atoms with E-state index in [1.807, 2.05) is 30.3 Å². The third-order valence-corrected chi connectivity index (χ3v) is 2.37. The van der Waals surface area contributed by atoms with Crippen molar-refractivity contribution in [2.45, 2.75) is 6.61 Å². The fraction of sp³-hybridized carbons (Fsp3) is 0.0714. The molecule has 2 aromatic carbocycles. The second-order valence-electron chi connectivity index (χ2n) is 3.81. The number of carbonyl (C=O) groups is 1. The monoisotopic (exact) mass is 271 g/mol. The summed E-state index contributed by atoms with van der Waals surface area (Å²) in [4.78, 5) is 11.5. The molecule has 0 unspecified atom stereocenters. The summed E-state index contributed by atoms with van der Waals surface area (Å²) in [5, 5.41) is 2.62. The van der Waals surface area contributed by atoms with Gasteiger partial charge in [-0.05, 0) is 0 Å². The van der Waals surface area contributed by atoms with Crippen molar-refractivity contribution in [3.8, 4) is 0 Å². The summed E-state index contributed by atoms with van der Waals surface area (Å²) in [7, 11) is 5.55. The van der Waals surface area contributed by atoms with E-state index in [0.717, 1.165) is 5.56 Å². The van der Waals surface area contributed by atoms with Crippen LogP contribution in [0.1, 0.15) is 5.56 Å². The van der Waals surface area contributed by atoms with Crippen LogP contribution < -0.4 is 10.8 Å². The minimum atomic E-state index is -0.483. The molecule has 0 radical (unpaired) electrons. The second-order valence-corrected chi connectivity index (χ2v) is 3.81. The molecule has 0 aromatic heterocycles. The van der Waals surface area contributed by atoms with Crippen molar-refractivity contribution in [1.82, 2.24) is 0 Å². The molecule has 5 nitrogen and oxygen atoms in total. The molecule has 0 saturated carbocycles. The first-order valence-electron chi connectivity index (χ1n) is 5.57. The van der Waals surface area contributed by atoms with Gasteiger partial charge in [-0.2, -0.15) is 0 Å². The van der Waals surface area contributed by atoms with Crippen LogP contribution in [0.3, 0.4) is 0 Å². The van der Waals surface area contributed by atoms with Crippen molar-refractivity contribution in [2.24, 2.45) is 0 Å². The van der Waals surface area contributed by atoms with E-state index in [1.165, 1.54) is 0 Å². The Morgan fingerprint density at radius 1 is 1.00 bits per heavy atom. The number of rotatable bonds is 3. The molecule has 3 N–H and O–H groups in total. The van der Waals surface area contributed by atoms with Gasteiger partial charge in [-0.15, -0.1) is 0 Å². The zero-order chi connectivity index (χ0) is 12.8. The average Bonchev–Trinajstić information content (AvgIpc) is 2.40. The van der Waals surface area contributed by atoms with Crippen molar-refractivity contribution < 1.29 is 20.5 Å². The van der Waals surface area contributed by atoms with Gasteiger partial charge in [0, 0.05) is 0 Å². The van der Waals surface area contributed by atoms with Crippen molar-refractivity contribution in [3.05, 3.63) is 60.2 Å². The quantitative estimate of drug-likeness (QED) is 0.861. The van der Waals surface area contributed by atoms with Crippen molar-refractivity contribution in [3.63, 3.8) is 0 Å². The molecule has 0 bridgehead atoms. The van der Waals surface area contributed by atoms with Gasteiger partial charge >= 0.3 is 107 Å². The molecule has 102 valence electrons. The summed E-state index contributed by atoms with van der Waals surface area (Å²) in [6, 6.07) is 16.4. The first-order chi connectivity index (χ1) is 8.74. The number of anilines is 1. The fourth-order valence-electron chi connectivity index (χ4n) is 1.44. The SMILES string of the molecule is [B+2]c1ccc(NC(=O)OCc2ccccc2)cc1.[OH-].[OH-]. The molecule has 2 rings (SSSR count). The van der Waals surface area contributed by atoms with Crippen LogP contribution in [-0.4, -0.2) is 24.9 Å². The maximum Gasteiger partial charge on any atom is -0.870 e. The summed E-state index contributed by atoms with van der Waals surface area (Å²) < 4.78 is 5.08. The van der Waals surface area contributed by atoms with E-state index < -0.39 is 6.09 Å². The van der Waals surface area contributed by atoms with Gasteiger partial charge in [-0.1, -0.05) is 0 Å². The van der Waals surface area contributed by atoms with Crippen molar-refractivity contribution in [1.29, 1.82) is 0 Å². The van der Waals surface area contributed by atoms with Crippen LogP contribution in [0, 0.1) is 0 Å². The summed E-state index contributed by atoms with van der Waals surface area (Å²) in [6.45, 7) is 0.252. The second kappa shape index (κ2) is 8.74. The van der Waals surface area contributed by atoms with Crippen LogP contribution in [-0.2, 0) is 11.3 Å². The van der Waals surface area contributed by atoms with Crippen LogP contribution in [0.15, 0.2) is 54.6 Å². The minimum Gasteiger partial charge on any atom is -0.870 e. The molecule has 2 aromatic rings. The summed E-state index contributed by atoms with van der Waals surface area (Å²) in [5.41, 5.74) is 2.26. The van der Waals surface area contributed by atoms with Gasteiger partial charge < -0.3 is 11.0 Å². The van der Waals surface area contributed by atoms with Gasteiger partial charge in [0.2, 0.25) is 0 Å². The van der Waals surface area contributed by atoms with Crippen LogP contribution in [0.4, 0.5) is 10.5 Å². The Hall–Kier alpha value is -2.31. The van der Waals surface area contributed by atoms with E-state index >= 15 is 0 Å². The van der Waals surface area contributed by atoms with Gasteiger partial charge in [0.1, 0.15) is 0 Å². The maximum absolute atomic E-state index is 11.5. The van der Waals surface area contributed by atoms with Gasteiger partial charge in [0.25, 0.3) is 0 Å². The molecule has 0 aliphatic rings. The molecular weight excluding hydrogens is 257 g/mol. The number of nitrogens with one attached hydrogen (secondary N) is 1. The Labute approximate surface area is 118 Å². The predicted octanol–water partition coefficient (Wildman–Crippen LogP) is 1.88. The van der Waals surface area contributed by atoms with E-state index in [0.29, 0.717) is 11.2 Å². The number of carbonyl (C=O) groups excluding carboxylic acids is 1. The normalized spacial score (nSPS) is 8.90. The Morgan fingerprint density at radius 3 is 2.20 bits per heavy atom. The van der Waals surface area contributed by atoms with E-state index in [4.69, 9.17) is 12.6 Å². The van der Waals surface area contributed by atoms with Gasteiger partial charge in [-0.3, -0.25) is 0 Å². The summed E-state index contributed by atoms with van der Waals surface area (Å²) in [5.74, 6) is 0. The van der Waals surface area contributed by atoms with Crippen LogP contribution in [0.25, 0.3) is 0 Å². The summed E-state index contributed by atoms with van der Waals surface area (Å²) >= 11 is 0. The van der Waals surface area contributed by atoms with Crippen LogP contribution >= 0.6 is 0 Å². The molecule has 0 aliphatic heterocycles.